The molecule has 1 aliphatic carbocycles. The van der Waals surface area contributed by atoms with E-state index in [1.807, 2.05) is 0 Å². The van der Waals surface area contributed by atoms with E-state index in [4.69, 9.17) is 10.8 Å². The number of carbonyl (C=O) groups is 1. The SMILES string of the molecule is Cc1ccsc1C(N)C1CCC(C(=O)O)CC1. The zero-order chi connectivity index (χ0) is 12.4. The smallest absolute Gasteiger partial charge is 0.306 e. The first-order valence-corrected chi connectivity index (χ1v) is 7.00. The summed E-state index contributed by atoms with van der Waals surface area (Å²) >= 11 is 1.72. The molecule has 1 saturated carbocycles. The topological polar surface area (TPSA) is 63.3 Å². The Bertz CT molecular complexity index is 394. The zero-order valence-electron chi connectivity index (χ0n) is 10.1. The predicted molar refractivity (Wildman–Crippen MR) is 69.1 cm³/mol. The zero-order valence-corrected chi connectivity index (χ0v) is 10.9. The molecule has 1 unspecified atom stereocenters. The Hall–Kier alpha value is -0.870. The van der Waals surface area contributed by atoms with Crippen LogP contribution in [0.4, 0.5) is 0 Å². The summed E-state index contributed by atoms with van der Waals surface area (Å²) in [7, 11) is 0. The van der Waals surface area contributed by atoms with Gasteiger partial charge in [-0.2, -0.15) is 0 Å². The molecule has 0 saturated heterocycles. The molecule has 1 aromatic heterocycles. The van der Waals surface area contributed by atoms with Gasteiger partial charge in [-0.3, -0.25) is 4.79 Å². The third-order valence-corrected chi connectivity index (χ3v) is 4.95. The molecule has 1 atom stereocenters. The van der Waals surface area contributed by atoms with Crippen LogP contribution in [-0.2, 0) is 4.79 Å². The van der Waals surface area contributed by atoms with E-state index in [9.17, 15) is 4.79 Å². The number of hydrogen-bond acceptors (Lipinski definition) is 3. The maximum absolute atomic E-state index is 10.9. The summed E-state index contributed by atoms with van der Waals surface area (Å²) in [4.78, 5) is 12.2. The van der Waals surface area contributed by atoms with E-state index in [0.29, 0.717) is 5.92 Å². The summed E-state index contributed by atoms with van der Waals surface area (Å²) in [6, 6.07) is 2.19. The van der Waals surface area contributed by atoms with Crippen LogP contribution in [0.1, 0.15) is 42.2 Å². The molecule has 0 amide bonds. The molecule has 3 N–H and O–H groups in total. The van der Waals surface area contributed by atoms with Gasteiger partial charge in [-0.25, -0.2) is 0 Å². The van der Waals surface area contributed by atoms with Crippen LogP contribution in [0, 0.1) is 18.8 Å². The van der Waals surface area contributed by atoms with Gasteiger partial charge in [0.05, 0.1) is 5.92 Å². The van der Waals surface area contributed by atoms with Crippen LogP contribution < -0.4 is 5.73 Å². The molecule has 1 aromatic rings. The molecule has 3 nitrogen and oxygen atoms in total. The second kappa shape index (κ2) is 5.19. The molecule has 1 heterocycles. The third kappa shape index (κ3) is 2.69. The van der Waals surface area contributed by atoms with E-state index in [1.165, 1.54) is 10.4 Å². The fourth-order valence-electron chi connectivity index (χ4n) is 2.67. The summed E-state index contributed by atoms with van der Waals surface area (Å²) in [5.74, 6) is -0.352. The van der Waals surface area contributed by atoms with Crippen LogP contribution in [0.3, 0.4) is 0 Å². The average Bonchev–Trinajstić information content (AvgIpc) is 2.74. The lowest BCUT2D eigenvalue weighted by Gasteiger charge is -2.30. The van der Waals surface area contributed by atoms with Crippen LogP contribution in [0.15, 0.2) is 11.4 Å². The molecule has 94 valence electrons. The van der Waals surface area contributed by atoms with Crippen LogP contribution in [0.5, 0.6) is 0 Å². The standard InChI is InChI=1S/C13H19NO2S/c1-8-6-7-17-12(8)11(14)9-2-4-10(5-3-9)13(15)16/h6-7,9-11H,2-5,14H2,1H3,(H,15,16). The summed E-state index contributed by atoms with van der Waals surface area (Å²) in [5, 5.41) is 11.0. The highest BCUT2D eigenvalue weighted by atomic mass is 32.1. The number of carboxylic acid groups (broad SMARTS) is 1. The van der Waals surface area contributed by atoms with Crippen molar-refractivity contribution < 1.29 is 9.90 Å². The number of rotatable bonds is 3. The number of aryl methyl sites for hydroxylation is 1. The van der Waals surface area contributed by atoms with Crippen LogP contribution in [0.2, 0.25) is 0 Å². The Labute approximate surface area is 106 Å². The number of aliphatic carboxylic acids is 1. The first-order chi connectivity index (χ1) is 8.09. The number of hydrogen-bond donors (Lipinski definition) is 2. The van der Waals surface area contributed by atoms with Gasteiger partial charge >= 0.3 is 5.97 Å². The van der Waals surface area contributed by atoms with Gasteiger partial charge in [0, 0.05) is 10.9 Å². The molecule has 0 aliphatic heterocycles. The van der Waals surface area contributed by atoms with Crippen molar-refractivity contribution in [2.45, 2.75) is 38.6 Å². The van der Waals surface area contributed by atoms with Gasteiger partial charge in [0.25, 0.3) is 0 Å². The first-order valence-electron chi connectivity index (χ1n) is 6.12. The van der Waals surface area contributed by atoms with Crippen molar-refractivity contribution in [3.63, 3.8) is 0 Å². The maximum Gasteiger partial charge on any atom is 0.306 e. The fourth-order valence-corrected chi connectivity index (χ4v) is 3.69. The van der Waals surface area contributed by atoms with Gasteiger partial charge in [0.2, 0.25) is 0 Å². The van der Waals surface area contributed by atoms with Crippen molar-refractivity contribution in [3.8, 4) is 0 Å². The third-order valence-electron chi connectivity index (χ3n) is 3.83. The van der Waals surface area contributed by atoms with E-state index in [2.05, 4.69) is 18.4 Å². The molecule has 0 radical (unpaired) electrons. The Kier molecular flexibility index (Phi) is 3.84. The van der Waals surface area contributed by atoms with E-state index in [-0.39, 0.29) is 12.0 Å². The van der Waals surface area contributed by atoms with Crippen molar-refractivity contribution in [2.75, 3.05) is 0 Å². The summed E-state index contributed by atoms with van der Waals surface area (Å²) in [6.07, 6.45) is 3.43. The highest BCUT2D eigenvalue weighted by Gasteiger charge is 2.30. The molecular formula is C13H19NO2S. The van der Waals surface area contributed by atoms with Gasteiger partial charge < -0.3 is 10.8 Å². The van der Waals surface area contributed by atoms with Crippen molar-refractivity contribution in [2.24, 2.45) is 17.6 Å². The van der Waals surface area contributed by atoms with Crippen LogP contribution in [-0.4, -0.2) is 11.1 Å². The Morgan fingerprint density at radius 2 is 2.12 bits per heavy atom. The lowest BCUT2D eigenvalue weighted by molar-refractivity contribution is -0.143. The van der Waals surface area contributed by atoms with Crippen LogP contribution >= 0.6 is 11.3 Å². The fraction of sp³-hybridized carbons (Fsp3) is 0.615. The summed E-state index contributed by atoms with van der Waals surface area (Å²) in [6.45, 7) is 2.09. The number of thiophene rings is 1. The Balaban J connectivity index is 1.97. The van der Waals surface area contributed by atoms with E-state index >= 15 is 0 Å². The van der Waals surface area contributed by atoms with Crippen molar-refractivity contribution in [1.82, 2.24) is 0 Å². The highest BCUT2D eigenvalue weighted by molar-refractivity contribution is 7.10. The number of nitrogens with two attached hydrogens (primary N) is 1. The van der Waals surface area contributed by atoms with E-state index in [1.54, 1.807) is 11.3 Å². The highest BCUT2D eigenvalue weighted by Crippen LogP contribution is 2.38. The largest absolute Gasteiger partial charge is 0.481 e. The molecule has 1 aliphatic rings. The summed E-state index contributed by atoms with van der Waals surface area (Å²) < 4.78 is 0. The van der Waals surface area contributed by atoms with Gasteiger partial charge in [0.1, 0.15) is 0 Å². The monoisotopic (exact) mass is 253 g/mol. The molecule has 0 bridgehead atoms. The molecule has 1 fully saturated rings. The lowest BCUT2D eigenvalue weighted by atomic mass is 9.78. The van der Waals surface area contributed by atoms with Crippen LogP contribution in [0.25, 0.3) is 0 Å². The normalized spacial score (nSPS) is 26.7. The van der Waals surface area contributed by atoms with Gasteiger partial charge in [-0.05, 0) is 55.5 Å². The minimum atomic E-state index is -0.649. The number of carboxylic acids is 1. The second-order valence-corrected chi connectivity index (χ2v) is 5.89. The molecule has 17 heavy (non-hydrogen) atoms. The minimum absolute atomic E-state index is 0.0877. The van der Waals surface area contributed by atoms with E-state index < -0.39 is 5.97 Å². The Morgan fingerprint density at radius 3 is 2.59 bits per heavy atom. The molecular weight excluding hydrogens is 234 g/mol. The van der Waals surface area contributed by atoms with Crippen molar-refractivity contribution in [3.05, 3.63) is 21.9 Å². The van der Waals surface area contributed by atoms with Gasteiger partial charge in [-0.1, -0.05) is 0 Å². The van der Waals surface area contributed by atoms with Crippen molar-refractivity contribution >= 4 is 17.3 Å². The molecule has 0 aromatic carbocycles. The quantitative estimate of drug-likeness (QED) is 0.870. The first kappa shape index (κ1) is 12.6. The summed E-state index contributed by atoms with van der Waals surface area (Å²) in [5.41, 5.74) is 7.57. The molecule has 0 spiro atoms. The molecule has 2 rings (SSSR count). The minimum Gasteiger partial charge on any atom is -0.481 e. The molecule has 4 heteroatoms. The van der Waals surface area contributed by atoms with Crippen molar-refractivity contribution in [1.29, 1.82) is 0 Å². The second-order valence-electron chi connectivity index (χ2n) is 4.94. The van der Waals surface area contributed by atoms with Gasteiger partial charge in [-0.15, -0.1) is 11.3 Å². The Morgan fingerprint density at radius 1 is 1.47 bits per heavy atom. The average molecular weight is 253 g/mol. The van der Waals surface area contributed by atoms with Gasteiger partial charge in [0.15, 0.2) is 0 Å². The lowest BCUT2D eigenvalue weighted by Crippen LogP contribution is -2.28. The van der Waals surface area contributed by atoms with E-state index in [0.717, 1.165) is 25.7 Å². The predicted octanol–water partition coefficient (Wildman–Crippen LogP) is 2.95. The maximum atomic E-state index is 10.9.